The van der Waals surface area contributed by atoms with Crippen LogP contribution in [-0.2, 0) is 0 Å². The predicted octanol–water partition coefficient (Wildman–Crippen LogP) is 9.99. The van der Waals surface area contributed by atoms with E-state index in [1.54, 1.807) is 22.7 Å². The van der Waals surface area contributed by atoms with E-state index in [0.717, 1.165) is 0 Å². The Labute approximate surface area is 202 Å². The van der Waals surface area contributed by atoms with E-state index < -0.39 is 0 Å². The third kappa shape index (κ3) is 11.5. The van der Waals surface area contributed by atoms with Crippen molar-refractivity contribution < 1.29 is 0 Å². The maximum atomic E-state index is 2.15. The summed E-state index contributed by atoms with van der Waals surface area (Å²) in [4.78, 5) is 2.55. The lowest BCUT2D eigenvalue weighted by Gasteiger charge is -1.91. The molecule has 0 aliphatic heterocycles. The minimum absolute atomic E-state index is 1.21. The quantitative estimate of drug-likeness (QED) is 0.312. The highest BCUT2D eigenvalue weighted by Gasteiger charge is 1.87. The maximum Gasteiger partial charge on any atom is 0.0270 e. The molecule has 0 fully saturated rings. The van der Waals surface area contributed by atoms with Crippen LogP contribution in [-0.4, -0.2) is 0 Å². The van der Waals surface area contributed by atoms with Crippen LogP contribution in [0, 0.1) is 0 Å². The van der Waals surface area contributed by atoms with Crippen molar-refractivity contribution in [3.8, 4) is 0 Å². The molecular weight excluding hydrogens is 424 g/mol. The summed E-state index contributed by atoms with van der Waals surface area (Å²) in [6.07, 6.45) is 29.7. The van der Waals surface area contributed by atoms with Gasteiger partial charge in [-0.05, 0) is 62.7 Å². The Bertz CT molecular complexity index is 984. The van der Waals surface area contributed by atoms with E-state index in [1.165, 1.54) is 32.0 Å². The van der Waals surface area contributed by atoms with E-state index in [9.17, 15) is 0 Å². The van der Waals surface area contributed by atoms with Crippen LogP contribution < -0.4 is 0 Å². The molecule has 2 heterocycles. The van der Waals surface area contributed by atoms with Crippen LogP contribution in [0.1, 0.15) is 37.4 Å². The number of rotatable bonds is 10. The molecule has 164 valence electrons. The maximum absolute atomic E-state index is 2.15. The van der Waals surface area contributed by atoms with Crippen molar-refractivity contribution in [2.45, 2.75) is 27.7 Å². The van der Waals surface area contributed by atoms with Gasteiger partial charge in [-0.1, -0.05) is 107 Å². The minimum Gasteiger partial charge on any atom is -0.144 e. The van der Waals surface area contributed by atoms with E-state index in [-0.39, 0.29) is 0 Å². The van der Waals surface area contributed by atoms with E-state index >= 15 is 0 Å². The van der Waals surface area contributed by atoms with Crippen molar-refractivity contribution in [1.82, 2.24) is 0 Å². The van der Waals surface area contributed by atoms with Crippen molar-refractivity contribution in [1.29, 1.82) is 0 Å². The zero-order valence-electron chi connectivity index (χ0n) is 19.4. The van der Waals surface area contributed by atoms with E-state index in [2.05, 4.69) is 148 Å². The molecule has 0 radical (unpaired) electrons. The standard InChI is InChI=1S/C30H32S2/c1-25(13-7-15-27(3)19-21-29-17-9-23-31-29)11-5-6-12-26(2)14-8-16-28(4)20-22-30-18-10-24-32-30/h5-24H,1-4H3/b6-5+,13-7+,14-8+,21-19+,22-20+,25-11+,26-12+,27-15+,28-16+. The Kier molecular flexibility index (Phi) is 11.8. The molecule has 0 N–H and O–H groups in total. The van der Waals surface area contributed by atoms with Gasteiger partial charge in [0, 0.05) is 9.75 Å². The molecule has 0 aliphatic carbocycles. The SMILES string of the molecule is CC(/C=C/C=C(C)/C=C/c1cccs1)=C\C=C\C=C(C)\C=C\C=C(C)\C=C\c1cccs1. The van der Waals surface area contributed by atoms with Gasteiger partial charge >= 0.3 is 0 Å². The fourth-order valence-electron chi connectivity index (χ4n) is 2.54. The second kappa shape index (κ2) is 15.0. The van der Waals surface area contributed by atoms with E-state index in [0.29, 0.717) is 0 Å². The van der Waals surface area contributed by atoms with Gasteiger partial charge in [0.15, 0.2) is 0 Å². The van der Waals surface area contributed by atoms with Gasteiger partial charge in [0.1, 0.15) is 0 Å². The van der Waals surface area contributed by atoms with Crippen LogP contribution in [0.25, 0.3) is 12.2 Å². The van der Waals surface area contributed by atoms with Gasteiger partial charge in [0.25, 0.3) is 0 Å². The molecule has 0 saturated heterocycles. The number of hydrogen-bond donors (Lipinski definition) is 0. The predicted molar refractivity (Wildman–Crippen MR) is 149 cm³/mol. The van der Waals surface area contributed by atoms with Gasteiger partial charge in [0.2, 0.25) is 0 Å². The van der Waals surface area contributed by atoms with Gasteiger partial charge in [-0.25, -0.2) is 0 Å². The molecule has 0 amide bonds. The first kappa shape index (κ1) is 25.3. The van der Waals surface area contributed by atoms with Gasteiger partial charge in [-0.2, -0.15) is 0 Å². The molecule has 0 spiro atoms. The topological polar surface area (TPSA) is 0 Å². The minimum atomic E-state index is 1.21. The second-order valence-corrected chi connectivity index (χ2v) is 9.40. The van der Waals surface area contributed by atoms with Crippen LogP contribution in [0.15, 0.2) is 130 Å². The molecule has 2 aromatic rings. The third-order valence-electron chi connectivity index (χ3n) is 4.37. The van der Waals surface area contributed by atoms with Crippen LogP contribution in [0.4, 0.5) is 0 Å². The average molecular weight is 457 g/mol. The van der Waals surface area contributed by atoms with Gasteiger partial charge in [0.05, 0.1) is 0 Å². The molecule has 0 aromatic carbocycles. The van der Waals surface area contributed by atoms with Gasteiger partial charge in [-0.15, -0.1) is 22.7 Å². The normalized spacial score (nSPS) is 15.0. The first-order chi connectivity index (χ1) is 15.5. The van der Waals surface area contributed by atoms with Crippen molar-refractivity contribution in [2.75, 3.05) is 0 Å². The summed E-state index contributed by atoms with van der Waals surface area (Å²) >= 11 is 3.50. The highest BCUT2D eigenvalue weighted by molar-refractivity contribution is 7.11. The first-order valence-corrected chi connectivity index (χ1v) is 12.4. The van der Waals surface area contributed by atoms with Crippen LogP contribution in [0.3, 0.4) is 0 Å². The van der Waals surface area contributed by atoms with Gasteiger partial charge in [-0.3, -0.25) is 0 Å². The Morgan fingerprint density at radius 1 is 0.531 bits per heavy atom. The van der Waals surface area contributed by atoms with Crippen LogP contribution in [0.5, 0.6) is 0 Å². The van der Waals surface area contributed by atoms with E-state index in [4.69, 9.17) is 0 Å². The summed E-state index contributed by atoms with van der Waals surface area (Å²) in [5.41, 5.74) is 4.89. The summed E-state index contributed by atoms with van der Waals surface area (Å²) in [5, 5.41) is 4.19. The molecule has 0 atom stereocenters. The van der Waals surface area contributed by atoms with E-state index in [1.807, 2.05) is 0 Å². The molecule has 0 bridgehead atoms. The molecule has 0 unspecified atom stereocenters. The highest BCUT2D eigenvalue weighted by atomic mass is 32.1. The number of allylic oxidation sites excluding steroid dienone is 16. The smallest absolute Gasteiger partial charge is 0.0270 e. The molecule has 0 saturated carbocycles. The van der Waals surface area contributed by atoms with Crippen LogP contribution in [0.2, 0.25) is 0 Å². The monoisotopic (exact) mass is 456 g/mol. The fourth-order valence-corrected chi connectivity index (χ4v) is 3.78. The summed E-state index contributed by atoms with van der Waals surface area (Å²) in [5.74, 6) is 0. The zero-order chi connectivity index (χ0) is 23.0. The molecule has 0 nitrogen and oxygen atoms in total. The summed E-state index contributed by atoms with van der Waals surface area (Å²) in [6, 6.07) is 8.39. The Morgan fingerprint density at radius 3 is 1.28 bits per heavy atom. The van der Waals surface area contributed by atoms with Crippen molar-refractivity contribution >= 4 is 34.8 Å². The molecule has 0 aliphatic rings. The third-order valence-corrected chi connectivity index (χ3v) is 6.05. The zero-order valence-corrected chi connectivity index (χ0v) is 21.0. The molecular formula is C30H32S2. The highest BCUT2D eigenvalue weighted by Crippen LogP contribution is 2.13. The lowest BCUT2D eigenvalue weighted by molar-refractivity contribution is 1.49. The second-order valence-electron chi connectivity index (χ2n) is 7.44. The summed E-state index contributed by atoms with van der Waals surface area (Å²) < 4.78 is 0. The Hall–Kier alpha value is -2.94. The molecule has 32 heavy (non-hydrogen) atoms. The lowest BCUT2D eigenvalue weighted by atomic mass is 10.2. The van der Waals surface area contributed by atoms with Crippen LogP contribution >= 0.6 is 22.7 Å². The molecule has 2 aromatic heterocycles. The molecule has 2 heteroatoms. The van der Waals surface area contributed by atoms with Gasteiger partial charge < -0.3 is 0 Å². The first-order valence-electron chi connectivity index (χ1n) is 10.7. The summed E-state index contributed by atoms with van der Waals surface area (Å²) in [6.45, 7) is 8.45. The largest absolute Gasteiger partial charge is 0.144 e. The Balaban J connectivity index is 1.79. The van der Waals surface area contributed by atoms with Crippen molar-refractivity contribution in [2.24, 2.45) is 0 Å². The summed E-state index contributed by atoms with van der Waals surface area (Å²) in [7, 11) is 0. The Morgan fingerprint density at radius 2 is 0.906 bits per heavy atom. The van der Waals surface area contributed by atoms with Crippen molar-refractivity contribution in [3.05, 3.63) is 140 Å². The molecule has 2 rings (SSSR count). The number of hydrogen-bond acceptors (Lipinski definition) is 2. The lowest BCUT2D eigenvalue weighted by Crippen LogP contribution is -1.70. The van der Waals surface area contributed by atoms with Crippen molar-refractivity contribution in [3.63, 3.8) is 0 Å². The average Bonchev–Trinajstić information content (AvgIpc) is 3.48. The number of thiophene rings is 2. The fraction of sp³-hybridized carbons (Fsp3) is 0.133.